The number of carbonyl (C=O) groups excluding carboxylic acids is 1. The van der Waals surface area contributed by atoms with E-state index in [0.29, 0.717) is 36.0 Å². The largest absolute Gasteiger partial charge is 0.390 e. The van der Waals surface area contributed by atoms with Gasteiger partial charge in [0.15, 0.2) is 0 Å². The van der Waals surface area contributed by atoms with Gasteiger partial charge >= 0.3 is 6.03 Å². The molecule has 1 aromatic carbocycles. The second kappa shape index (κ2) is 9.73. The maximum Gasteiger partial charge on any atom is 0.319 e. The van der Waals surface area contributed by atoms with Gasteiger partial charge in [0, 0.05) is 53.4 Å². The van der Waals surface area contributed by atoms with Crippen molar-refractivity contribution in [2.24, 2.45) is 0 Å². The van der Waals surface area contributed by atoms with Crippen LogP contribution in [0, 0.1) is 0 Å². The first-order valence-corrected chi connectivity index (χ1v) is 11.1. The molecule has 29 heavy (non-hydrogen) atoms. The van der Waals surface area contributed by atoms with Gasteiger partial charge in [-0.3, -0.25) is 4.90 Å². The lowest BCUT2D eigenvalue weighted by Crippen LogP contribution is -2.50. The van der Waals surface area contributed by atoms with E-state index in [-0.39, 0.29) is 6.03 Å². The molecule has 1 N–H and O–H groups in total. The van der Waals surface area contributed by atoms with Gasteiger partial charge in [-0.05, 0) is 44.4 Å². The summed E-state index contributed by atoms with van der Waals surface area (Å²) in [6.07, 6.45) is 3.08. The smallest absolute Gasteiger partial charge is 0.319 e. The van der Waals surface area contributed by atoms with Gasteiger partial charge in [-0.2, -0.15) is 0 Å². The zero-order valence-corrected chi connectivity index (χ0v) is 18.9. The van der Waals surface area contributed by atoms with Crippen LogP contribution in [0.4, 0.5) is 10.5 Å². The van der Waals surface area contributed by atoms with Crippen LogP contribution in [0.25, 0.3) is 0 Å². The van der Waals surface area contributed by atoms with Gasteiger partial charge < -0.3 is 19.8 Å². The van der Waals surface area contributed by atoms with E-state index in [0.717, 1.165) is 51.3 Å². The predicted molar refractivity (Wildman–Crippen MR) is 119 cm³/mol. The van der Waals surface area contributed by atoms with Gasteiger partial charge in [-0.1, -0.05) is 29.3 Å². The Balaban J connectivity index is 1.39. The Kier molecular flexibility index (Phi) is 7.54. The monoisotopic (exact) mass is 442 g/mol. The fourth-order valence-corrected chi connectivity index (χ4v) is 4.64. The number of urea groups is 1. The Morgan fingerprint density at radius 1 is 1.10 bits per heavy atom. The number of nitrogens with zero attached hydrogens (tertiary/aromatic N) is 4. The number of piperidine rings is 1. The van der Waals surface area contributed by atoms with E-state index >= 15 is 0 Å². The molecule has 0 bridgehead atoms. The second-order valence-electron chi connectivity index (χ2n) is 8.39. The van der Waals surface area contributed by atoms with E-state index in [4.69, 9.17) is 23.2 Å². The highest BCUT2D eigenvalue weighted by Crippen LogP contribution is 2.33. The van der Waals surface area contributed by atoms with Crippen molar-refractivity contribution in [2.75, 3.05) is 64.8 Å². The number of rotatable bonds is 5. The van der Waals surface area contributed by atoms with Crippen LogP contribution in [-0.2, 0) is 0 Å². The summed E-state index contributed by atoms with van der Waals surface area (Å²) in [5.74, 6) is 0. The zero-order valence-electron chi connectivity index (χ0n) is 17.4. The van der Waals surface area contributed by atoms with Gasteiger partial charge in [0.2, 0.25) is 0 Å². The molecule has 2 saturated heterocycles. The lowest BCUT2D eigenvalue weighted by molar-refractivity contribution is -0.0237. The fraction of sp³-hybridized carbons (Fsp3) is 0.667. The van der Waals surface area contributed by atoms with Crippen LogP contribution < -0.4 is 4.90 Å². The third-order valence-corrected chi connectivity index (χ3v) is 6.92. The Morgan fingerprint density at radius 2 is 1.76 bits per heavy atom. The lowest BCUT2D eigenvalue weighted by Gasteiger charge is -2.40. The molecular formula is C21H32Cl2N4O2. The molecule has 0 atom stereocenters. The predicted octanol–water partition coefficient (Wildman–Crippen LogP) is 3.40. The van der Waals surface area contributed by atoms with Crippen molar-refractivity contribution in [3.05, 3.63) is 28.2 Å². The highest BCUT2D eigenvalue weighted by molar-refractivity contribution is 6.43. The topological polar surface area (TPSA) is 50.3 Å². The molecule has 2 fully saturated rings. The number of piperazine rings is 1. The van der Waals surface area contributed by atoms with E-state index in [9.17, 15) is 9.90 Å². The number of anilines is 1. The second-order valence-corrected chi connectivity index (χ2v) is 9.18. The van der Waals surface area contributed by atoms with Crippen molar-refractivity contribution in [3.8, 4) is 0 Å². The minimum absolute atomic E-state index is 0.0322. The average molecular weight is 443 g/mol. The molecule has 3 rings (SSSR count). The minimum atomic E-state index is -0.640. The molecule has 6 nitrogen and oxygen atoms in total. The van der Waals surface area contributed by atoms with Crippen LogP contribution in [0.15, 0.2) is 18.2 Å². The van der Waals surface area contributed by atoms with Crippen molar-refractivity contribution in [2.45, 2.75) is 31.3 Å². The number of amides is 2. The van der Waals surface area contributed by atoms with Crippen molar-refractivity contribution in [1.29, 1.82) is 0 Å². The lowest BCUT2D eigenvalue weighted by atomic mass is 9.87. The Morgan fingerprint density at radius 3 is 2.38 bits per heavy atom. The highest BCUT2D eigenvalue weighted by atomic mass is 35.5. The summed E-state index contributed by atoms with van der Waals surface area (Å²) in [6.45, 7) is 6.05. The number of carbonyl (C=O) groups is 1. The van der Waals surface area contributed by atoms with Crippen molar-refractivity contribution in [3.63, 3.8) is 0 Å². The van der Waals surface area contributed by atoms with E-state index in [1.807, 2.05) is 23.1 Å². The number of hydrogen-bond acceptors (Lipinski definition) is 4. The van der Waals surface area contributed by atoms with Crippen LogP contribution in [0.2, 0.25) is 10.0 Å². The van der Waals surface area contributed by atoms with Crippen LogP contribution in [-0.4, -0.2) is 91.3 Å². The molecule has 2 aliphatic rings. The third kappa shape index (κ3) is 5.69. The quantitative estimate of drug-likeness (QED) is 0.758. The summed E-state index contributed by atoms with van der Waals surface area (Å²) >= 11 is 12.5. The number of aliphatic hydroxyl groups is 1. The summed E-state index contributed by atoms with van der Waals surface area (Å²) < 4.78 is 0. The normalized spacial score (nSPS) is 20.0. The SMILES string of the molecule is CN(C)C(=O)N1CCC(O)(CCCN2CCN(c3cccc(Cl)c3Cl)CC2)CC1. The van der Waals surface area contributed by atoms with Crippen molar-refractivity contribution in [1.82, 2.24) is 14.7 Å². The average Bonchev–Trinajstić information content (AvgIpc) is 2.71. The van der Waals surface area contributed by atoms with E-state index in [2.05, 4.69) is 9.80 Å². The Labute approximate surface area is 183 Å². The summed E-state index contributed by atoms with van der Waals surface area (Å²) in [6, 6.07) is 5.81. The summed E-state index contributed by atoms with van der Waals surface area (Å²) in [7, 11) is 3.53. The van der Waals surface area contributed by atoms with Gasteiger partial charge in [-0.25, -0.2) is 4.79 Å². The Hall–Kier alpha value is -1.21. The molecule has 2 heterocycles. The van der Waals surface area contributed by atoms with Gasteiger partial charge in [0.1, 0.15) is 0 Å². The number of halogens is 2. The zero-order chi connectivity index (χ0) is 21.0. The molecule has 162 valence electrons. The maximum absolute atomic E-state index is 12.0. The molecule has 0 aromatic heterocycles. The van der Waals surface area contributed by atoms with Crippen molar-refractivity contribution >= 4 is 34.9 Å². The van der Waals surface area contributed by atoms with Crippen LogP contribution in [0.1, 0.15) is 25.7 Å². The van der Waals surface area contributed by atoms with E-state index in [1.54, 1.807) is 19.0 Å². The molecule has 0 radical (unpaired) electrons. The molecule has 0 unspecified atom stereocenters. The first kappa shape index (κ1) is 22.5. The fourth-order valence-electron chi connectivity index (χ4n) is 4.23. The maximum atomic E-state index is 12.0. The third-order valence-electron chi connectivity index (χ3n) is 6.11. The van der Waals surface area contributed by atoms with Gasteiger partial charge in [-0.15, -0.1) is 0 Å². The molecule has 2 aliphatic heterocycles. The van der Waals surface area contributed by atoms with Crippen LogP contribution in [0.5, 0.6) is 0 Å². The van der Waals surface area contributed by atoms with Gasteiger partial charge in [0.05, 0.1) is 21.3 Å². The van der Waals surface area contributed by atoms with E-state index < -0.39 is 5.60 Å². The number of likely N-dealkylation sites (tertiary alicyclic amines) is 1. The molecule has 2 amide bonds. The summed E-state index contributed by atoms with van der Waals surface area (Å²) in [5, 5.41) is 12.1. The number of hydrogen-bond donors (Lipinski definition) is 1. The number of benzene rings is 1. The molecule has 1 aromatic rings. The first-order chi connectivity index (χ1) is 13.8. The molecular weight excluding hydrogens is 411 g/mol. The molecule has 8 heteroatoms. The standard InChI is InChI=1S/C21H32Cl2N4O2/c1-24(2)20(28)27-11-8-21(29,9-12-27)7-4-10-25-13-15-26(16-14-25)18-6-3-5-17(22)19(18)23/h3,5-6,29H,4,7-16H2,1-2H3. The summed E-state index contributed by atoms with van der Waals surface area (Å²) in [5.41, 5.74) is 0.367. The molecule has 0 aliphatic carbocycles. The summed E-state index contributed by atoms with van der Waals surface area (Å²) in [4.78, 5) is 20.2. The van der Waals surface area contributed by atoms with Crippen molar-refractivity contribution < 1.29 is 9.90 Å². The molecule has 0 saturated carbocycles. The highest BCUT2D eigenvalue weighted by Gasteiger charge is 2.34. The minimum Gasteiger partial charge on any atom is -0.390 e. The molecule has 0 spiro atoms. The van der Waals surface area contributed by atoms with Crippen LogP contribution in [0.3, 0.4) is 0 Å². The first-order valence-electron chi connectivity index (χ1n) is 10.4. The Bertz CT molecular complexity index is 700. The van der Waals surface area contributed by atoms with Gasteiger partial charge in [0.25, 0.3) is 0 Å². The van der Waals surface area contributed by atoms with E-state index in [1.165, 1.54) is 0 Å². The van der Waals surface area contributed by atoms with Crippen LogP contribution >= 0.6 is 23.2 Å².